The Bertz CT molecular complexity index is 655. The van der Waals surface area contributed by atoms with Crippen molar-refractivity contribution in [2.45, 2.75) is 50.0 Å². The molecule has 29 heavy (non-hydrogen) atoms. The molecule has 0 N–H and O–H groups in total. The molecular formula is C26H38N2S. The van der Waals surface area contributed by atoms with Gasteiger partial charge in [0.1, 0.15) is 0 Å². The van der Waals surface area contributed by atoms with Gasteiger partial charge in [-0.05, 0) is 62.2 Å². The lowest BCUT2D eigenvalue weighted by Crippen LogP contribution is -2.36. The van der Waals surface area contributed by atoms with E-state index in [0.717, 1.165) is 19.0 Å². The second-order valence-corrected chi connectivity index (χ2v) is 9.71. The molecule has 1 aliphatic rings. The summed E-state index contributed by atoms with van der Waals surface area (Å²) < 4.78 is 0. The Kier molecular flexibility index (Phi) is 10.1. The van der Waals surface area contributed by atoms with Crippen LogP contribution < -0.4 is 0 Å². The van der Waals surface area contributed by atoms with Crippen LogP contribution >= 0.6 is 11.8 Å². The lowest BCUT2D eigenvalue weighted by atomic mass is 9.89. The summed E-state index contributed by atoms with van der Waals surface area (Å²) >= 11 is 1.98. The van der Waals surface area contributed by atoms with Crippen LogP contribution in [0.3, 0.4) is 0 Å². The fourth-order valence-electron chi connectivity index (χ4n) is 4.32. The second kappa shape index (κ2) is 13.1. The highest BCUT2D eigenvalue weighted by atomic mass is 32.2. The molecule has 158 valence electrons. The summed E-state index contributed by atoms with van der Waals surface area (Å²) in [6.07, 6.45) is 8.45. The van der Waals surface area contributed by atoms with Gasteiger partial charge in [0.05, 0.1) is 0 Å². The fourth-order valence-corrected chi connectivity index (χ4v) is 5.18. The van der Waals surface area contributed by atoms with Crippen LogP contribution in [0.4, 0.5) is 0 Å². The summed E-state index contributed by atoms with van der Waals surface area (Å²) in [4.78, 5) is 6.61. The Morgan fingerprint density at radius 3 is 2.24 bits per heavy atom. The highest BCUT2D eigenvalue weighted by molar-refractivity contribution is 7.99. The van der Waals surface area contributed by atoms with Crippen molar-refractivity contribution in [3.63, 3.8) is 0 Å². The lowest BCUT2D eigenvalue weighted by Gasteiger charge is -2.29. The van der Waals surface area contributed by atoms with E-state index in [0.29, 0.717) is 0 Å². The maximum atomic E-state index is 2.65. The van der Waals surface area contributed by atoms with Gasteiger partial charge in [0.2, 0.25) is 0 Å². The predicted molar refractivity (Wildman–Crippen MR) is 128 cm³/mol. The minimum absolute atomic E-state index is 0.929. The van der Waals surface area contributed by atoms with Gasteiger partial charge in [-0.15, -0.1) is 11.8 Å². The van der Waals surface area contributed by atoms with Gasteiger partial charge >= 0.3 is 0 Å². The van der Waals surface area contributed by atoms with E-state index < -0.39 is 0 Å². The van der Waals surface area contributed by atoms with E-state index in [2.05, 4.69) is 77.5 Å². The van der Waals surface area contributed by atoms with E-state index in [-0.39, 0.29) is 0 Å². The average Bonchev–Trinajstić information content (AvgIpc) is 2.77. The van der Waals surface area contributed by atoms with Crippen LogP contribution in [-0.4, -0.2) is 48.8 Å². The third-order valence-corrected chi connectivity index (χ3v) is 7.07. The molecule has 0 unspecified atom stereocenters. The molecule has 0 heterocycles. The summed E-state index contributed by atoms with van der Waals surface area (Å²) in [6.45, 7) is 5.85. The van der Waals surface area contributed by atoms with Crippen LogP contribution in [0.15, 0.2) is 65.6 Å². The first-order valence-electron chi connectivity index (χ1n) is 11.4. The quantitative estimate of drug-likeness (QED) is 0.304. The molecule has 3 heteroatoms. The van der Waals surface area contributed by atoms with Gasteiger partial charge in [0.15, 0.2) is 0 Å². The molecule has 0 radical (unpaired) electrons. The van der Waals surface area contributed by atoms with Crippen molar-refractivity contribution in [1.82, 2.24) is 9.80 Å². The molecule has 2 nitrogen and oxygen atoms in total. The first kappa shape index (κ1) is 22.4. The minimum Gasteiger partial charge on any atom is -0.305 e. The molecule has 1 fully saturated rings. The highest BCUT2D eigenvalue weighted by Crippen LogP contribution is 2.24. The average molecular weight is 411 g/mol. The normalized spacial score (nSPS) is 15.3. The number of benzene rings is 2. The van der Waals surface area contributed by atoms with Crippen LogP contribution in [0, 0.1) is 5.92 Å². The monoisotopic (exact) mass is 410 g/mol. The Balaban J connectivity index is 1.43. The molecule has 0 bridgehead atoms. The number of hydrogen-bond acceptors (Lipinski definition) is 3. The maximum absolute atomic E-state index is 2.65. The van der Waals surface area contributed by atoms with Crippen molar-refractivity contribution < 1.29 is 0 Å². The standard InChI is InChI=1S/C26H38N2S/c1-27(22-24-12-5-2-6-13-24)19-20-28(23-25-14-7-3-8-15-25)18-11-21-29-26-16-9-4-10-17-26/h3-4,7-10,14-17,24H,2,5-6,11-13,18-23H2,1H3. The number of nitrogens with zero attached hydrogens (tertiary/aromatic N) is 2. The SMILES string of the molecule is CN(CCN(CCCSc1ccccc1)Cc1ccccc1)CC1CCCCC1. The van der Waals surface area contributed by atoms with Crippen LogP contribution in [0.1, 0.15) is 44.1 Å². The summed E-state index contributed by atoms with van der Waals surface area (Å²) in [6, 6.07) is 21.7. The van der Waals surface area contributed by atoms with E-state index in [9.17, 15) is 0 Å². The molecule has 2 aromatic carbocycles. The zero-order valence-electron chi connectivity index (χ0n) is 18.1. The van der Waals surface area contributed by atoms with Gasteiger partial charge < -0.3 is 4.90 Å². The van der Waals surface area contributed by atoms with E-state index in [1.54, 1.807) is 0 Å². The third kappa shape index (κ3) is 8.94. The van der Waals surface area contributed by atoms with Crippen molar-refractivity contribution in [3.8, 4) is 0 Å². The molecule has 1 saturated carbocycles. The van der Waals surface area contributed by atoms with Gasteiger partial charge in [-0.2, -0.15) is 0 Å². The Morgan fingerprint density at radius 1 is 0.828 bits per heavy atom. The molecule has 0 aromatic heterocycles. The smallest absolute Gasteiger partial charge is 0.0234 e. The minimum atomic E-state index is 0.929. The number of hydrogen-bond donors (Lipinski definition) is 0. The van der Waals surface area contributed by atoms with Crippen molar-refractivity contribution in [1.29, 1.82) is 0 Å². The Hall–Kier alpha value is -1.29. The van der Waals surface area contributed by atoms with E-state index in [1.807, 2.05) is 11.8 Å². The molecule has 0 saturated heterocycles. The molecule has 0 atom stereocenters. The van der Waals surface area contributed by atoms with Crippen LogP contribution in [-0.2, 0) is 6.54 Å². The fraction of sp³-hybridized carbons (Fsp3) is 0.538. The predicted octanol–water partition coefficient (Wildman–Crippen LogP) is 6.18. The second-order valence-electron chi connectivity index (χ2n) is 8.54. The summed E-state index contributed by atoms with van der Waals surface area (Å²) in [7, 11) is 2.32. The van der Waals surface area contributed by atoms with Gasteiger partial charge in [0.25, 0.3) is 0 Å². The Labute approximate surface area is 182 Å². The lowest BCUT2D eigenvalue weighted by molar-refractivity contribution is 0.189. The number of rotatable bonds is 12. The summed E-state index contributed by atoms with van der Waals surface area (Å²) in [5.74, 6) is 2.12. The van der Waals surface area contributed by atoms with Crippen molar-refractivity contribution in [2.24, 2.45) is 5.92 Å². The van der Waals surface area contributed by atoms with E-state index >= 15 is 0 Å². The van der Waals surface area contributed by atoms with Gasteiger partial charge in [-0.3, -0.25) is 4.90 Å². The highest BCUT2D eigenvalue weighted by Gasteiger charge is 2.16. The zero-order chi connectivity index (χ0) is 20.2. The van der Waals surface area contributed by atoms with Crippen LogP contribution in [0.25, 0.3) is 0 Å². The van der Waals surface area contributed by atoms with Crippen LogP contribution in [0.5, 0.6) is 0 Å². The first-order chi connectivity index (χ1) is 14.3. The molecule has 0 aliphatic heterocycles. The maximum Gasteiger partial charge on any atom is 0.0234 e. The number of thioether (sulfide) groups is 1. The zero-order valence-corrected chi connectivity index (χ0v) is 19.0. The van der Waals surface area contributed by atoms with Crippen molar-refractivity contribution >= 4 is 11.8 Å². The van der Waals surface area contributed by atoms with Crippen molar-refractivity contribution in [2.75, 3.05) is 39.0 Å². The molecule has 3 rings (SSSR count). The molecule has 0 amide bonds. The largest absolute Gasteiger partial charge is 0.305 e. The first-order valence-corrected chi connectivity index (χ1v) is 12.4. The Morgan fingerprint density at radius 2 is 1.52 bits per heavy atom. The van der Waals surface area contributed by atoms with Gasteiger partial charge in [-0.25, -0.2) is 0 Å². The van der Waals surface area contributed by atoms with E-state index in [4.69, 9.17) is 0 Å². The van der Waals surface area contributed by atoms with Gasteiger partial charge in [-0.1, -0.05) is 67.8 Å². The third-order valence-electron chi connectivity index (χ3n) is 5.97. The molecule has 1 aliphatic carbocycles. The van der Waals surface area contributed by atoms with Crippen LogP contribution in [0.2, 0.25) is 0 Å². The van der Waals surface area contributed by atoms with Gasteiger partial charge in [0, 0.05) is 31.1 Å². The number of likely N-dealkylation sites (N-methyl/N-ethyl adjacent to an activating group) is 1. The van der Waals surface area contributed by atoms with E-state index in [1.165, 1.54) is 74.4 Å². The molecular weight excluding hydrogens is 372 g/mol. The summed E-state index contributed by atoms with van der Waals surface area (Å²) in [5, 5.41) is 0. The molecule has 0 spiro atoms. The topological polar surface area (TPSA) is 6.48 Å². The van der Waals surface area contributed by atoms with Crippen molar-refractivity contribution in [3.05, 3.63) is 66.2 Å². The summed E-state index contributed by atoms with van der Waals surface area (Å²) in [5.41, 5.74) is 1.43. The molecule has 2 aromatic rings.